The summed E-state index contributed by atoms with van der Waals surface area (Å²) in [5, 5.41) is 0. The number of rotatable bonds is 2. The normalized spacial score (nSPS) is 28.9. The van der Waals surface area contributed by atoms with Crippen LogP contribution in [0, 0.1) is 10.8 Å². The molecule has 1 aliphatic heterocycles. The van der Waals surface area contributed by atoms with E-state index < -0.39 is 16.6 Å². The van der Waals surface area contributed by atoms with Crippen molar-refractivity contribution in [3.63, 3.8) is 0 Å². The number of halogens is 2. The van der Waals surface area contributed by atoms with Crippen molar-refractivity contribution in [3.8, 4) is 0 Å². The molecule has 1 saturated carbocycles. The summed E-state index contributed by atoms with van der Waals surface area (Å²) in [4.78, 5) is 0. The Hall–Kier alpha value is -0.786. The molecule has 3 aliphatic carbocycles. The van der Waals surface area contributed by atoms with E-state index in [2.05, 4.69) is 102 Å². The van der Waals surface area contributed by atoms with Gasteiger partial charge in [0.2, 0.25) is 0 Å². The molecule has 2 fully saturated rings. The van der Waals surface area contributed by atoms with Gasteiger partial charge in [0, 0.05) is 0 Å². The molecule has 0 radical (unpaired) electrons. The van der Waals surface area contributed by atoms with Gasteiger partial charge in [0.15, 0.2) is 0 Å². The summed E-state index contributed by atoms with van der Waals surface area (Å²) >= 11 is -2.50. The molecule has 2 aromatic carbocycles. The zero-order chi connectivity index (χ0) is 23.2. The van der Waals surface area contributed by atoms with E-state index in [0.29, 0.717) is 0 Å². The van der Waals surface area contributed by atoms with E-state index in [9.17, 15) is 0 Å². The van der Waals surface area contributed by atoms with Crippen molar-refractivity contribution < 1.29 is 41.4 Å². The topological polar surface area (TPSA) is 0 Å². The molecule has 35 heavy (non-hydrogen) atoms. The first-order chi connectivity index (χ1) is 15.6. The van der Waals surface area contributed by atoms with E-state index in [-0.39, 0.29) is 35.6 Å². The molecule has 6 rings (SSSR count). The van der Waals surface area contributed by atoms with Crippen LogP contribution in [0.25, 0.3) is 12.2 Å². The summed E-state index contributed by atoms with van der Waals surface area (Å²) in [6.07, 6.45) is 11.2. The molecule has 0 spiro atoms. The Kier molecular flexibility index (Phi) is 7.16. The average Bonchev–Trinajstić information content (AvgIpc) is 3.08. The third-order valence-electron chi connectivity index (χ3n) is 9.53. The van der Waals surface area contributed by atoms with Gasteiger partial charge in [-0.3, -0.25) is 0 Å². The minimum absolute atomic E-state index is 0. The Labute approximate surface area is 229 Å². The van der Waals surface area contributed by atoms with Gasteiger partial charge in [0.25, 0.3) is 0 Å². The molecule has 0 aromatic heterocycles. The van der Waals surface area contributed by atoms with Crippen LogP contribution in [0.15, 0.2) is 59.7 Å². The number of hydrogen-bond donors (Lipinski definition) is 0. The maximum atomic E-state index is 2.62. The molecular formula is C32H40Cl2Ti. The van der Waals surface area contributed by atoms with Gasteiger partial charge in [-0.25, -0.2) is 0 Å². The van der Waals surface area contributed by atoms with Crippen LogP contribution in [-0.2, 0) is 16.6 Å². The molecule has 2 aromatic rings. The van der Waals surface area contributed by atoms with E-state index in [4.69, 9.17) is 0 Å². The zero-order valence-electron chi connectivity index (χ0n) is 22.2. The van der Waals surface area contributed by atoms with Crippen molar-refractivity contribution in [1.29, 1.82) is 0 Å². The number of fused-ring (bicyclic) bond motifs is 3. The summed E-state index contributed by atoms with van der Waals surface area (Å²) in [5.41, 5.74) is 10.4. The van der Waals surface area contributed by atoms with E-state index in [0.717, 1.165) is 16.9 Å². The standard InChI is InChI=1S/2C13H15.C6H10.2ClH.Ti/c2*1-13(2,3)12-8-10-6-4-5-7-11(10)9-12;1-2-4-6-5-3-1;;;/h2*4-9H,1-3H3;1-2H,3-6H2;2*1H;/q;;;;;+2/p-2. The summed E-state index contributed by atoms with van der Waals surface area (Å²) in [7, 11) is 0. The van der Waals surface area contributed by atoms with Crippen molar-refractivity contribution in [2.24, 2.45) is 10.8 Å². The molecule has 1 heterocycles. The molecule has 0 nitrogen and oxygen atoms in total. The molecule has 0 amide bonds. The number of benzene rings is 2. The fourth-order valence-electron chi connectivity index (χ4n) is 8.27. The van der Waals surface area contributed by atoms with Gasteiger partial charge in [-0.05, 0) is 0 Å². The van der Waals surface area contributed by atoms with Gasteiger partial charge in [-0.15, -0.1) is 0 Å². The Morgan fingerprint density at radius 1 is 0.600 bits per heavy atom. The average molecular weight is 543 g/mol. The Bertz CT molecular complexity index is 1080. The smallest absolute Gasteiger partial charge is 1.00 e. The monoisotopic (exact) mass is 542 g/mol. The second-order valence-corrected chi connectivity index (χ2v) is 20.6. The molecule has 3 heteroatoms. The molecule has 4 unspecified atom stereocenters. The first-order valence-corrected chi connectivity index (χ1v) is 16.9. The van der Waals surface area contributed by atoms with Crippen LogP contribution in [0.2, 0.25) is 8.45 Å². The Morgan fingerprint density at radius 3 is 1.34 bits per heavy atom. The second-order valence-electron chi connectivity index (χ2n) is 13.3. The van der Waals surface area contributed by atoms with Gasteiger partial charge >= 0.3 is 206 Å². The largest absolute Gasteiger partial charge is 1.00 e. The molecular weight excluding hydrogens is 503 g/mol. The molecule has 1 saturated heterocycles. The van der Waals surface area contributed by atoms with Crippen molar-refractivity contribution in [1.82, 2.24) is 0 Å². The third-order valence-corrected chi connectivity index (χ3v) is 20.2. The maximum absolute atomic E-state index is 2.62. The van der Waals surface area contributed by atoms with Crippen LogP contribution in [0.3, 0.4) is 0 Å². The van der Waals surface area contributed by atoms with Crippen LogP contribution < -0.4 is 24.8 Å². The van der Waals surface area contributed by atoms with Gasteiger partial charge < -0.3 is 24.8 Å². The fraction of sp³-hybridized carbons (Fsp3) is 0.500. The molecule has 0 bridgehead atoms. The Balaban J connectivity index is 0.00000144. The van der Waals surface area contributed by atoms with Crippen molar-refractivity contribution >= 4 is 12.2 Å². The molecule has 4 aliphatic rings. The first kappa shape index (κ1) is 27.3. The first-order valence-electron chi connectivity index (χ1n) is 13.3. The minimum atomic E-state index is -2.50. The quantitative estimate of drug-likeness (QED) is 0.508. The van der Waals surface area contributed by atoms with Crippen LogP contribution in [-0.4, -0.2) is 0 Å². The maximum Gasteiger partial charge on any atom is -1.00 e. The summed E-state index contributed by atoms with van der Waals surface area (Å²) in [6.45, 7) is 14.8. The van der Waals surface area contributed by atoms with Gasteiger partial charge in [0.1, 0.15) is 0 Å². The predicted molar refractivity (Wildman–Crippen MR) is 139 cm³/mol. The summed E-state index contributed by atoms with van der Waals surface area (Å²) < 4.78 is 3.50. The van der Waals surface area contributed by atoms with Gasteiger partial charge in [-0.2, -0.15) is 0 Å². The predicted octanol–water partition coefficient (Wildman–Crippen LogP) is 3.68. The Morgan fingerprint density at radius 2 is 0.971 bits per heavy atom. The molecule has 186 valence electrons. The molecule has 0 N–H and O–H groups in total. The van der Waals surface area contributed by atoms with Crippen LogP contribution in [0.4, 0.5) is 0 Å². The zero-order valence-corrected chi connectivity index (χ0v) is 25.2. The summed E-state index contributed by atoms with van der Waals surface area (Å²) in [6, 6.07) is 18.9. The molecule has 4 atom stereocenters. The number of hydrogen-bond acceptors (Lipinski definition) is 0. The second kappa shape index (κ2) is 9.20. The SMILES string of the molecule is CC(C)(C)C1=Cc2ccccc2[CH]1[Ti+2]1([CH]2C(C(C)(C)C)=Cc3ccccc32)[CH]2CCCC[CH]21.[Cl-].[Cl-]. The summed E-state index contributed by atoms with van der Waals surface area (Å²) in [5.74, 6) is 0. The van der Waals surface area contributed by atoms with E-state index in [1.807, 2.05) is 0 Å². The van der Waals surface area contributed by atoms with Crippen LogP contribution in [0.1, 0.15) is 97.9 Å². The van der Waals surface area contributed by atoms with Gasteiger partial charge in [0.05, 0.1) is 0 Å². The van der Waals surface area contributed by atoms with Crippen LogP contribution >= 0.6 is 0 Å². The van der Waals surface area contributed by atoms with E-state index >= 15 is 0 Å². The van der Waals surface area contributed by atoms with Crippen molar-refractivity contribution in [2.75, 3.05) is 0 Å². The van der Waals surface area contributed by atoms with Crippen LogP contribution in [0.5, 0.6) is 0 Å². The third kappa shape index (κ3) is 3.98. The minimum Gasteiger partial charge on any atom is -1.00 e. The van der Waals surface area contributed by atoms with E-state index in [1.54, 1.807) is 22.3 Å². The van der Waals surface area contributed by atoms with E-state index in [1.165, 1.54) is 36.8 Å². The fourth-order valence-corrected chi connectivity index (χ4v) is 23.1. The van der Waals surface area contributed by atoms with Crippen molar-refractivity contribution in [2.45, 2.75) is 84.1 Å². The van der Waals surface area contributed by atoms with Gasteiger partial charge in [-0.1, -0.05) is 0 Å². The number of allylic oxidation sites excluding steroid dienone is 2. The van der Waals surface area contributed by atoms with Crippen molar-refractivity contribution in [3.05, 3.63) is 81.9 Å².